The number of benzene rings is 1. The van der Waals surface area contributed by atoms with Crippen molar-refractivity contribution in [1.82, 2.24) is 5.32 Å². The molecule has 0 aromatic heterocycles. The lowest BCUT2D eigenvalue weighted by molar-refractivity contribution is -0.385. The highest BCUT2D eigenvalue weighted by Gasteiger charge is 2.17. The van der Waals surface area contributed by atoms with Gasteiger partial charge in [-0.15, -0.1) is 0 Å². The highest BCUT2D eigenvalue weighted by atomic mass is 79.9. The van der Waals surface area contributed by atoms with Gasteiger partial charge < -0.3 is 15.2 Å². The summed E-state index contributed by atoms with van der Waals surface area (Å²) in [4.78, 5) is 21.2. The lowest BCUT2D eigenvalue weighted by atomic mass is 10.2. The minimum absolute atomic E-state index is 0.0768. The number of nitrogens with one attached hydrogen (secondary N) is 1. The molecule has 1 rings (SSSR count). The average molecular weight is 361 g/mol. The van der Waals surface area contributed by atoms with Crippen molar-refractivity contribution in [3.8, 4) is 5.75 Å². The fourth-order valence-electron chi connectivity index (χ4n) is 1.63. The highest BCUT2D eigenvalue weighted by Crippen LogP contribution is 2.29. The number of nitro benzene ring substituents is 1. The van der Waals surface area contributed by atoms with Crippen molar-refractivity contribution in [3.05, 3.63) is 32.8 Å². The molecule has 0 saturated carbocycles. The number of halogens is 1. The molecule has 0 fully saturated rings. The van der Waals surface area contributed by atoms with Crippen LogP contribution < -0.4 is 10.1 Å². The number of nitro groups is 1. The highest BCUT2D eigenvalue weighted by molar-refractivity contribution is 9.10. The summed E-state index contributed by atoms with van der Waals surface area (Å²) in [5, 5.41) is 22.7. The van der Waals surface area contributed by atoms with Gasteiger partial charge in [-0.05, 0) is 35.0 Å². The molecule has 0 spiro atoms. The first-order valence-corrected chi connectivity index (χ1v) is 7.28. The molecule has 0 aliphatic heterocycles. The van der Waals surface area contributed by atoms with Gasteiger partial charge >= 0.3 is 5.97 Å². The Balaban J connectivity index is 2.59. The Labute approximate surface area is 130 Å². The van der Waals surface area contributed by atoms with Crippen LogP contribution in [0.5, 0.6) is 5.75 Å². The molecule has 2 N–H and O–H groups in total. The number of carboxylic acids is 1. The Morgan fingerprint density at radius 1 is 1.57 bits per heavy atom. The first-order chi connectivity index (χ1) is 9.95. The Morgan fingerprint density at radius 2 is 2.29 bits per heavy atom. The molecule has 0 heterocycles. The molecule has 0 saturated heterocycles. The summed E-state index contributed by atoms with van der Waals surface area (Å²) in [7, 11) is 0. The molecular formula is C13H17BrN2O5. The van der Waals surface area contributed by atoms with Crippen molar-refractivity contribution < 1.29 is 19.6 Å². The number of hydrogen-bond donors (Lipinski definition) is 2. The predicted molar refractivity (Wildman–Crippen MR) is 80.6 cm³/mol. The summed E-state index contributed by atoms with van der Waals surface area (Å²) in [6.07, 6.45) is 1.10. The second-order valence-corrected chi connectivity index (χ2v) is 5.21. The van der Waals surface area contributed by atoms with Gasteiger partial charge in [0.25, 0.3) is 5.69 Å². The van der Waals surface area contributed by atoms with E-state index in [-0.39, 0.29) is 18.7 Å². The van der Waals surface area contributed by atoms with E-state index in [4.69, 9.17) is 9.84 Å². The molecule has 0 radical (unpaired) electrons. The van der Waals surface area contributed by atoms with Gasteiger partial charge in [0.1, 0.15) is 11.8 Å². The van der Waals surface area contributed by atoms with E-state index < -0.39 is 16.9 Å². The lowest BCUT2D eigenvalue weighted by Crippen LogP contribution is -2.38. The summed E-state index contributed by atoms with van der Waals surface area (Å²) >= 11 is 3.24. The predicted octanol–water partition coefficient (Wildman–Crippen LogP) is 2.58. The van der Waals surface area contributed by atoms with Crippen LogP contribution in [0.3, 0.4) is 0 Å². The van der Waals surface area contributed by atoms with E-state index >= 15 is 0 Å². The molecular weight excluding hydrogens is 344 g/mol. The standard InChI is InChI=1S/C13H17BrN2O5/c1-2-6-15-11(13(17)18)5-7-21-12-8-9(16(19)20)3-4-10(12)14/h3-4,8,11,15H,2,5-7H2,1H3,(H,17,18). The number of carboxylic acid groups (broad SMARTS) is 1. The van der Waals surface area contributed by atoms with Crippen molar-refractivity contribution in [2.75, 3.05) is 13.2 Å². The van der Waals surface area contributed by atoms with Crippen molar-refractivity contribution in [3.63, 3.8) is 0 Å². The molecule has 116 valence electrons. The van der Waals surface area contributed by atoms with Crippen molar-refractivity contribution in [2.45, 2.75) is 25.8 Å². The number of nitrogens with zero attached hydrogens (tertiary/aromatic N) is 1. The van der Waals surface area contributed by atoms with Crippen LogP contribution in [0.4, 0.5) is 5.69 Å². The normalized spacial score (nSPS) is 11.9. The smallest absolute Gasteiger partial charge is 0.320 e. The van der Waals surface area contributed by atoms with E-state index in [2.05, 4.69) is 21.2 Å². The van der Waals surface area contributed by atoms with Crippen LogP contribution in [0, 0.1) is 10.1 Å². The molecule has 0 aliphatic rings. The van der Waals surface area contributed by atoms with Gasteiger partial charge in [-0.2, -0.15) is 0 Å². The van der Waals surface area contributed by atoms with Crippen molar-refractivity contribution in [2.24, 2.45) is 0 Å². The molecule has 1 aromatic carbocycles. The Kier molecular flexibility index (Phi) is 7.10. The first kappa shape index (κ1) is 17.4. The number of non-ortho nitro benzene ring substituents is 1. The number of carbonyl (C=O) groups is 1. The summed E-state index contributed by atoms with van der Waals surface area (Å²) in [5.74, 6) is -0.617. The van der Waals surface area contributed by atoms with E-state index in [1.54, 1.807) is 0 Å². The van der Waals surface area contributed by atoms with E-state index in [0.717, 1.165) is 6.42 Å². The second-order valence-electron chi connectivity index (χ2n) is 4.35. The molecule has 7 nitrogen and oxygen atoms in total. The summed E-state index contributed by atoms with van der Waals surface area (Å²) in [6, 6.07) is 3.50. The minimum Gasteiger partial charge on any atom is -0.492 e. The zero-order valence-corrected chi connectivity index (χ0v) is 13.1. The molecule has 8 heteroatoms. The SMILES string of the molecule is CCCNC(CCOc1cc([N+](=O)[O-])ccc1Br)C(=O)O. The van der Waals surface area contributed by atoms with Gasteiger partial charge in [0.15, 0.2) is 0 Å². The summed E-state index contributed by atoms with van der Waals surface area (Å²) in [6.45, 7) is 2.70. The van der Waals surface area contributed by atoms with Crippen LogP contribution in [-0.4, -0.2) is 35.2 Å². The van der Waals surface area contributed by atoms with Crippen LogP contribution in [0.25, 0.3) is 0 Å². The third-order valence-electron chi connectivity index (χ3n) is 2.73. The van der Waals surface area contributed by atoms with Crippen LogP contribution >= 0.6 is 15.9 Å². The zero-order valence-electron chi connectivity index (χ0n) is 11.5. The quantitative estimate of drug-likeness (QED) is 0.518. The minimum atomic E-state index is -0.940. The Bertz CT molecular complexity index is 509. The molecule has 21 heavy (non-hydrogen) atoms. The first-order valence-electron chi connectivity index (χ1n) is 6.48. The summed E-state index contributed by atoms with van der Waals surface area (Å²) in [5.41, 5.74) is -0.0768. The van der Waals surface area contributed by atoms with Gasteiger partial charge in [0.2, 0.25) is 0 Å². The molecule has 1 aromatic rings. The third-order valence-corrected chi connectivity index (χ3v) is 3.38. The monoisotopic (exact) mass is 360 g/mol. The lowest BCUT2D eigenvalue weighted by Gasteiger charge is -2.14. The molecule has 0 bridgehead atoms. The van der Waals surface area contributed by atoms with E-state index in [1.807, 2.05) is 6.92 Å². The number of rotatable bonds is 9. The third kappa shape index (κ3) is 5.68. The fraction of sp³-hybridized carbons (Fsp3) is 0.462. The van der Waals surface area contributed by atoms with Gasteiger partial charge in [-0.25, -0.2) is 0 Å². The Hall–Kier alpha value is -1.67. The van der Waals surface area contributed by atoms with Crippen LogP contribution in [-0.2, 0) is 4.79 Å². The maximum atomic E-state index is 11.0. The van der Waals surface area contributed by atoms with Gasteiger partial charge in [0, 0.05) is 12.5 Å². The van der Waals surface area contributed by atoms with Gasteiger partial charge in [-0.1, -0.05) is 6.92 Å². The van der Waals surface area contributed by atoms with E-state index in [0.29, 0.717) is 16.8 Å². The molecule has 1 unspecified atom stereocenters. The Morgan fingerprint density at radius 3 is 2.86 bits per heavy atom. The molecule has 1 atom stereocenters. The van der Waals surface area contributed by atoms with Crippen molar-refractivity contribution >= 4 is 27.6 Å². The van der Waals surface area contributed by atoms with Crippen LogP contribution in [0.2, 0.25) is 0 Å². The topological polar surface area (TPSA) is 102 Å². The zero-order chi connectivity index (χ0) is 15.8. The fourth-order valence-corrected chi connectivity index (χ4v) is 2.00. The molecule has 0 amide bonds. The maximum Gasteiger partial charge on any atom is 0.320 e. The van der Waals surface area contributed by atoms with Crippen molar-refractivity contribution in [1.29, 1.82) is 0 Å². The number of hydrogen-bond acceptors (Lipinski definition) is 5. The number of aliphatic carboxylic acids is 1. The van der Waals surface area contributed by atoms with Crippen LogP contribution in [0.1, 0.15) is 19.8 Å². The maximum absolute atomic E-state index is 11.0. The number of ether oxygens (including phenoxy) is 1. The summed E-state index contributed by atoms with van der Waals surface area (Å²) < 4.78 is 6.02. The van der Waals surface area contributed by atoms with Gasteiger partial charge in [0.05, 0.1) is 22.1 Å². The van der Waals surface area contributed by atoms with E-state index in [1.165, 1.54) is 18.2 Å². The molecule has 0 aliphatic carbocycles. The van der Waals surface area contributed by atoms with Crippen LogP contribution in [0.15, 0.2) is 22.7 Å². The average Bonchev–Trinajstić information content (AvgIpc) is 2.43. The largest absolute Gasteiger partial charge is 0.492 e. The van der Waals surface area contributed by atoms with E-state index in [9.17, 15) is 14.9 Å². The van der Waals surface area contributed by atoms with Gasteiger partial charge in [-0.3, -0.25) is 14.9 Å². The second kappa shape index (κ2) is 8.58.